The molecule has 1 aliphatic rings. The first-order chi connectivity index (χ1) is 19.4. The summed E-state index contributed by atoms with van der Waals surface area (Å²) in [5, 5.41) is 14.6. The number of carboxylic acid groups (broad SMARTS) is 1. The Bertz CT molecular complexity index is 1440. The van der Waals surface area contributed by atoms with Crippen LogP contribution in [0.15, 0.2) is 46.7 Å². The lowest BCUT2D eigenvalue weighted by atomic mass is 9.98. The lowest BCUT2D eigenvalue weighted by Crippen LogP contribution is -2.49. The summed E-state index contributed by atoms with van der Waals surface area (Å²) in [6.45, 7) is 11.5. The second-order valence-corrected chi connectivity index (χ2v) is 12.6. The topological polar surface area (TPSA) is 91.6 Å². The standard InChI is InChI=1S/C32H40FN3O4S/c1-19(2)11-27(36-15-23(22(5)12-29(36)37)9-10-35-16-25(33)17-35)32(40)34-26(14-30(38)39)24-13-28(41-18-24)31-20(3)7-6-8-21(31)4/h6-8,12-13,15,18-19,25-27H,9-11,14,16-17H2,1-5H3,(H,34,40)(H,38,39)/t26-,27-/m1/s1. The molecule has 1 aromatic carbocycles. The van der Waals surface area contributed by atoms with Crippen LogP contribution < -0.4 is 10.9 Å². The Morgan fingerprint density at radius 1 is 1.12 bits per heavy atom. The molecule has 2 N–H and O–H groups in total. The molecule has 7 nitrogen and oxygen atoms in total. The summed E-state index contributed by atoms with van der Waals surface area (Å²) in [7, 11) is 0. The van der Waals surface area contributed by atoms with E-state index in [1.54, 1.807) is 12.3 Å². The number of nitrogens with one attached hydrogen (secondary N) is 1. The number of benzene rings is 1. The number of likely N-dealkylation sites (tertiary alicyclic amines) is 1. The van der Waals surface area contributed by atoms with Gasteiger partial charge in [0.05, 0.1) is 12.5 Å². The van der Waals surface area contributed by atoms with E-state index in [1.165, 1.54) is 15.9 Å². The predicted octanol–water partition coefficient (Wildman–Crippen LogP) is 5.62. The number of hydrogen-bond donors (Lipinski definition) is 2. The molecule has 41 heavy (non-hydrogen) atoms. The summed E-state index contributed by atoms with van der Waals surface area (Å²) < 4.78 is 14.8. The Labute approximate surface area is 245 Å². The van der Waals surface area contributed by atoms with Crippen molar-refractivity contribution in [2.75, 3.05) is 19.6 Å². The molecule has 0 spiro atoms. The van der Waals surface area contributed by atoms with E-state index in [0.29, 0.717) is 32.5 Å². The van der Waals surface area contributed by atoms with Crippen molar-refractivity contribution in [1.82, 2.24) is 14.8 Å². The molecule has 1 fully saturated rings. The number of carboxylic acids is 1. The maximum atomic E-state index is 13.8. The number of amides is 1. The van der Waals surface area contributed by atoms with Crippen LogP contribution in [0.25, 0.3) is 10.4 Å². The van der Waals surface area contributed by atoms with Gasteiger partial charge in [-0.1, -0.05) is 32.0 Å². The summed E-state index contributed by atoms with van der Waals surface area (Å²) in [6, 6.07) is 8.06. The van der Waals surface area contributed by atoms with Crippen LogP contribution in [0.4, 0.5) is 4.39 Å². The van der Waals surface area contributed by atoms with Crippen molar-refractivity contribution in [3.63, 3.8) is 0 Å². The number of nitrogens with zero attached hydrogens (tertiary/aromatic N) is 2. The smallest absolute Gasteiger partial charge is 0.305 e. The number of rotatable bonds is 12. The molecule has 0 saturated carbocycles. The quantitative estimate of drug-likeness (QED) is 0.290. The fourth-order valence-electron chi connectivity index (χ4n) is 5.52. The van der Waals surface area contributed by atoms with E-state index in [-0.39, 0.29) is 23.8 Å². The van der Waals surface area contributed by atoms with Gasteiger partial charge in [-0.05, 0) is 84.4 Å². The number of halogens is 1. The van der Waals surface area contributed by atoms with Crippen LogP contribution in [0, 0.1) is 26.7 Å². The van der Waals surface area contributed by atoms with Crippen molar-refractivity contribution in [1.29, 1.82) is 0 Å². The first-order valence-corrected chi connectivity index (χ1v) is 15.1. The average molecular weight is 582 g/mol. The van der Waals surface area contributed by atoms with Gasteiger partial charge >= 0.3 is 5.97 Å². The van der Waals surface area contributed by atoms with Crippen molar-refractivity contribution in [3.8, 4) is 10.4 Å². The molecule has 0 radical (unpaired) electrons. The second-order valence-electron chi connectivity index (χ2n) is 11.6. The van der Waals surface area contributed by atoms with Crippen molar-refractivity contribution < 1.29 is 19.1 Å². The highest BCUT2D eigenvalue weighted by molar-refractivity contribution is 7.13. The molecule has 1 amide bonds. The molecule has 3 heterocycles. The molecular formula is C32H40FN3O4S. The third-order valence-corrected chi connectivity index (χ3v) is 8.75. The van der Waals surface area contributed by atoms with Crippen LogP contribution in [0.3, 0.4) is 0 Å². The maximum Gasteiger partial charge on any atom is 0.305 e. The molecule has 0 aliphatic carbocycles. The zero-order valence-electron chi connectivity index (χ0n) is 24.4. The van der Waals surface area contributed by atoms with Crippen molar-refractivity contribution >= 4 is 23.2 Å². The van der Waals surface area contributed by atoms with Crippen LogP contribution in [0.1, 0.15) is 66.6 Å². The van der Waals surface area contributed by atoms with Gasteiger partial charge in [-0.25, -0.2) is 4.39 Å². The van der Waals surface area contributed by atoms with Crippen LogP contribution in [0.5, 0.6) is 0 Å². The van der Waals surface area contributed by atoms with Crippen molar-refractivity contribution in [2.45, 2.75) is 72.1 Å². The number of carbonyl (C=O) groups excluding carboxylic acids is 1. The number of aryl methyl sites for hydroxylation is 3. The van der Waals surface area contributed by atoms with Gasteiger partial charge in [0.25, 0.3) is 5.56 Å². The molecule has 2 aromatic heterocycles. The van der Waals surface area contributed by atoms with Crippen molar-refractivity contribution in [3.05, 3.63) is 80.1 Å². The molecule has 1 aliphatic heterocycles. The molecule has 1 saturated heterocycles. The summed E-state index contributed by atoms with van der Waals surface area (Å²) in [4.78, 5) is 41.9. The zero-order valence-corrected chi connectivity index (χ0v) is 25.3. The third-order valence-electron chi connectivity index (χ3n) is 7.78. The lowest BCUT2D eigenvalue weighted by Gasteiger charge is -2.34. The Balaban J connectivity index is 1.61. The predicted molar refractivity (Wildman–Crippen MR) is 161 cm³/mol. The molecule has 220 valence electrons. The lowest BCUT2D eigenvalue weighted by molar-refractivity contribution is -0.138. The Kier molecular flexibility index (Phi) is 9.81. The molecule has 4 rings (SSSR count). The van der Waals surface area contributed by atoms with E-state index in [2.05, 4.69) is 5.32 Å². The van der Waals surface area contributed by atoms with Gasteiger partial charge in [0.15, 0.2) is 0 Å². The minimum atomic E-state index is -1.02. The number of hydrogen-bond acceptors (Lipinski definition) is 5. The average Bonchev–Trinajstić information content (AvgIpc) is 3.34. The number of aromatic nitrogens is 1. The Hall–Kier alpha value is -3.30. The highest BCUT2D eigenvalue weighted by atomic mass is 32.1. The van der Waals surface area contributed by atoms with Crippen LogP contribution in [0.2, 0.25) is 0 Å². The maximum absolute atomic E-state index is 13.8. The molecular weight excluding hydrogens is 541 g/mol. The number of pyridine rings is 1. The minimum Gasteiger partial charge on any atom is -0.481 e. The number of carbonyl (C=O) groups is 2. The fourth-order valence-corrected chi connectivity index (χ4v) is 6.65. The summed E-state index contributed by atoms with van der Waals surface area (Å²) in [6.07, 6.45) is 1.77. The van der Waals surface area contributed by atoms with E-state index in [4.69, 9.17) is 0 Å². The van der Waals surface area contributed by atoms with Gasteiger partial charge in [-0.15, -0.1) is 11.3 Å². The monoisotopic (exact) mass is 581 g/mol. The first-order valence-electron chi connectivity index (χ1n) is 14.2. The van der Waals surface area contributed by atoms with E-state index >= 15 is 0 Å². The molecule has 9 heteroatoms. The number of aliphatic carboxylic acids is 1. The molecule has 3 aromatic rings. The molecule has 0 unspecified atom stereocenters. The van der Waals surface area contributed by atoms with E-state index < -0.39 is 24.2 Å². The van der Waals surface area contributed by atoms with Crippen LogP contribution in [-0.2, 0) is 16.0 Å². The van der Waals surface area contributed by atoms with Crippen LogP contribution >= 0.6 is 11.3 Å². The van der Waals surface area contributed by atoms with E-state index in [9.17, 15) is 23.9 Å². The molecule has 0 bridgehead atoms. The van der Waals surface area contributed by atoms with Gasteiger partial charge in [-0.2, -0.15) is 0 Å². The van der Waals surface area contributed by atoms with Crippen LogP contribution in [-0.4, -0.2) is 52.3 Å². The third kappa shape index (κ3) is 7.51. The van der Waals surface area contributed by atoms with Gasteiger partial charge in [0, 0.05) is 36.8 Å². The number of alkyl halides is 1. The van der Waals surface area contributed by atoms with E-state index in [1.807, 2.05) is 69.2 Å². The zero-order chi connectivity index (χ0) is 29.8. The second kappa shape index (κ2) is 13.1. The number of thiophene rings is 1. The Morgan fingerprint density at radius 2 is 1.80 bits per heavy atom. The van der Waals surface area contributed by atoms with Crippen molar-refractivity contribution in [2.24, 2.45) is 5.92 Å². The first kappa shape index (κ1) is 30.7. The van der Waals surface area contributed by atoms with Gasteiger partial charge in [0.1, 0.15) is 12.2 Å². The largest absolute Gasteiger partial charge is 0.481 e. The SMILES string of the molecule is Cc1cc(=O)n([C@H](CC(C)C)C(=O)N[C@H](CC(=O)O)c2csc(-c3c(C)cccc3C)c2)cc1CCN1CC(F)C1. The van der Waals surface area contributed by atoms with Gasteiger partial charge in [-0.3, -0.25) is 19.3 Å². The summed E-state index contributed by atoms with van der Waals surface area (Å²) in [5.74, 6) is -1.30. The highest BCUT2D eigenvalue weighted by Crippen LogP contribution is 2.35. The normalized spacial score (nSPS) is 15.5. The highest BCUT2D eigenvalue weighted by Gasteiger charge is 2.29. The minimum absolute atomic E-state index is 0.111. The Morgan fingerprint density at radius 3 is 2.41 bits per heavy atom. The van der Waals surface area contributed by atoms with E-state index in [0.717, 1.165) is 38.3 Å². The summed E-state index contributed by atoms with van der Waals surface area (Å²) >= 11 is 1.52. The van der Waals surface area contributed by atoms with Gasteiger partial charge < -0.3 is 15.0 Å². The molecule has 2 atom stereocenters. The summed E-state index contributed by atoms with van der Waals surface area (Å²) in [5.41, 5.74) is 5.59. The van der Waals surface area contributed by atoms with Gasteiger partial charge in [0.2, 0.25) is 5.91 Å². The fraction of sp³-hybridized carbons (Fsp3) is 0.469.